The number of rotatable bonds is 3. The second-order valence-corrected chi connectivity index (χ2v) is 6.62. The lowest BCUT2D eigenvalue weighted by Gasteiger charge is -2.40. The third kappa shape index (κ3) is 2.82. The molecule has 1 aromatic carbocycles. The smallest absolute Gasteiger partial charge is 0.272 e. The van der Waals surface area contributed by atoms with Gasteiger partial charge in [-0.25, -0.2) is 0 Å². The van der Waals surface area contributed by atoms with Crippen molar-refractivity contribution in [3.05, 3.63) is 53.3 Å². The van der Waals surface area contributed by atoms with Crippen molar-refractivity contribution in [2.45, 2.75) is 25.8 Å². The van der Waals surface area contributed by atoms with Gasteiger partial charge in [0.05, 0.1) is 14.2 Å². The number of aromatic nitrogens is 1. The van der Waals surface area contributed by atoms with Crippen LogP contribution in [-0.2, 0) is 12.0 Å². The number of amides is 1. The summed E-state index contributed by atoms with van der Waals surface area (Å²) in [4.78, 5) is 18.8. The van der Waals surface area contributed by atoms with Crippen molar-refractivity contribution < 1.29 is 14.3 Å². The van der Waals surface area contributed by atoms with E-state index < -0.39 is 0 Å². The molecule has 126 valence electrons. The van der Waals surface area contributed by atoms with E-state index in [9.17, 15) is 4.79 Å². The SMILES string of the molecule is COc1cc2c(cc1OC)C(C)(C)CN(C(=O)c1ccccn1)C2. The van der Waals surface area contributed by atoms with E-state index in [1.165, 1.54) is 5.56 Å². The van der Waals surface area contributed by atoms with Gasteiger partial charge in [0.1, 0.15) is 5.69 Å². The highest BCUT2D eigenvalue weighted by atomic mass is 16.5. The summed E-state index contributed by atoms with van der Waals surface area (Å²) >= 11 is 0. The Morgan fingerprint density at radius 2 is 1.88 bits per heavy atom. The highest BCUT2D eigenvalue weighted by Crippen LogP contribution is 2.40. The number of ether oxygens (including phenoxy) is 2. The van der Waals surface area contributed by atoms with Crippen molar-refractivity contribution in [3.8, 4) is 11.5 Å². The van der Waals surface area contributed by atoms with Gasteiger partial charge in [-0.15, -0.1) is 0 Å². The molecule has 0 N–H and O–H groups in total. The Labute approximate surface area is 142 Å². The van der Waals surface area contributed by atoms with Gasteiger partial charge in [-0.1, -0.05) is 19.9 Å². The molecule has 1 amide bonds. The number of carbonyl (C=O) groups excluding carboxylic acids is 1. The summed E-state index contributed by atoms with van der Waals surface area (Å²) < 4.78 is 10.8. The van der Waals surface area contributed by atoms with E-state index >= 15 is 0 Å². The molecule has 5 heteroatoms. The Bertz CT molecular complexity index is 757. The van der Waals surface area contributed by atoms with E-state index in [0.717, 1.165) is 5.56 Å². The maximum atomic E-state index is 12.8. The molecule has 0 radical (unpaired) electrons. The van der Waals surface area contributed by atoms with Crippen LogP contribution in [0.2, 0.25) is 0 Å². The van der Waals surface area contributed by atoms with Gasteiger partial charge in [0.25, 0.3) is 5.91 Å². The third-order valence-corrected chi connectivity index (χ3v) is 4.46. The second kappa shape index (κ2) is 6.15. The van der Waals surface area contributed by atoms with Crippen LogP contribution in [0, 0.1) is 0 Å². The predicted octanol–water partition coefficient (Wildman–Crippen LogP) is 3.03. The maximum absolute atomic E-state index is 12.8. The zero-order valence-corrected chi connectivity index (χ0v) is 14.5. The number of methoxy groups -OCH3 is 2. The van der Waals surface area contributed by atoms with Gasteiger partial charge < -0.3 is 14.4 Å². The van der Waals surface area contributed by atoms with E-state index in [2.05, 4.69) is 18.8 Å². The maximum Gasteiger partial charge on any atom is 0.272 e. The number of hydrogen-bond acceptors (Lipinski definition) is 4. The molecule has 0 unspecified atom stereocenters. The van der Waals surface area contributed by atoms with Crippen molar-refractivity contribution >= 4 is 5.91 Å². The molecule has 0 saturated carbocycles. The largest absolute Gasteiger partial charge is 0.493 e. The number of hydrogen-bond donors (Lipinski definition) is 0. The zero-order chi connectivity index (χ0) is 17.3. The molecular formula is C19H22N2O3. The number of carbonyl (C=O) groups is 1. The Kier molecular flexibility index (Phi) is 4.18. The van der Waals surface area contributed by atoms with E-state index in [1.807, 2.05) is 29.2 Å². The minimum atomic E-state index is -0.183. The summed E-state index contributed by atoms with van der Waals surface area (Å²) in [5, 5.41) is 0. The highest BCUT2D eigenvalue weighted by Gasteiger charge is 2.35. The highest BCUT2D eigenvalue weighted by molar-refractivity contribution is 5.92. The molecule has 0 fully saturated rings. The van der Waals surface area contributed by atoms with Crippen molar-refractivity contribution in [1.82, 2.24) is 9.88 Å². The van der Waals surface area contributed by atoms with Crippen molar-refractivity contribution in [3.63, 3.8) is 0 Å². The first-order valence-corrected chi connectivity index (χ1v) is 7.92. The normalized spacial score (nSPS) is 15.6. The fourth-order valence-corrected chi connectivity index (χ4v) is 3.30. The summed E-state index contributed by atoms with van der Waals surface area (Å²) in [5.74, 6) is 1.34. The summed E-state index contributed by atoms with van der Waals surface area (Å²) in [6.45, 7) is 5.44. The minimum absolute atomic E-state index is 0.0518. The minimum Gasteiger partial charge on any atom is -0.493 e. The molecule has 0 atom stereocenters. The Morgan fingerprint density at radius 3 is 2.50 bits per heavy atom. The van der Waals surface area contributed by atoms with Crippen LogP contribution in [0.1, 0.15) is 35.5 Å². The van der Waals surface area contributed by atoms with Crippen LogP contribution in [0.15, 0.2) is 36.5 Å². The van der Waals surface area contributed by atoms with Crippen LogP contribution >= 0.6 is 0 Å². The average molecular weight is 326 g/mol. The van der Waals surface area contributed by atoms with Crippen LogP contribution in [0.5, 0.6) is 11.5 Å². The topological polar surface area (TPSA) is 51.7 Å². The molecule has 0 aliphatic carbocycles. The van der Waals surface area contributed by atoms with Crippen molar-refractivity contribution in [2.75, 3.05) is 20.8 Å². The van der Waals surface area contributed by atoms with E-state index in [4.69, 9.17) is 9.47 Å². The molecule has 0 spiro atoms. The molecule has 3 rings (SSSR count). The fourth-order valence-electron chi connectivity index (χ4n) is 3.30. The number of nitrogens with zero attached hydrogens (tertiary/aromatic N) is 2. The van der Waals surface area contributed by atoms with Crippen LogP contribution in [0.25, 0.3) is 0 Å². The lowest BCUT2D eigenvalue weighted by Crippen LogP contribution is -2.45. The number of fused-ring (bicyclic) bond motifs is 1. The predicted molar refractivity (Wildman–Crippen MR) is 91.5 cm³/mol. The zero-order valence-electron chi connectivity index (χ0n) is 14.5. The molecule has 2 aromatic rings. The Hall–Kier alpha value is -2.56. The Balaban J connectivity index is 1.99. The molecule has 0 saturated heterocycles. The molecule has 1 aromatic heterocycles. The van der Waals surface area contributed by atoms with E-state index in [-0.39, 0.29) is 11.3 Å². The third-order valence-electron chi connectivity index (χ3n) is 4.46. The van der Waals surface area contributed by atoms with Gasteiger partial charge in [0, 0.05) is 24.7 Å². The lowest BCUT2D eigenvalue weighted by atomic mass is 9.78. The van der Waals surface area contributed by atoms with Gasteiger partial charge in [-0.2, -0.15) is 0 Å². The molecule has 1 aliphatic rings. The first kappa shape index (κ1) is 16.3. The van der Waals surface area contributed by atoms with Crippen LogP contribution in [0.3, 0.4) is 0 Å². The summed E-state index contributed by atoms with van der Waals surface area (Å²) in [6, 6.07) is 9.38. The Morgan fingerprint density at radius 1 is 1.17 bits per heavy atom. The van der Waals surface area contributed by atoms with Crippen molar-refractivity contribution in [1.29, 1.82) is 0 Å². The number of pyridine rings is 1. The van der Waals surface area contributed by atoms with E-state index in [1.54, 1.807) is 26.5 Å². The van der Waals surface area contributed by atoms with Gasteiger partial charge in [-0.05, 0) is 35.4 Å². The average Bonchev–Trinajstić information content (AvgIpc) is 2.60. The quantitative estimate of drug-likeness (QED) is 0.870. The lowest BCUT2D eigenvalue weighted by molar-refractivity contribution is 0.0679. The molecule has 0 bridgehead atoms. The first-order chi connectivity index (χ1) is 11.5. The summed E-state index contributed by atoms with van der Waals surface area (Å²) in [6.07, 6.45) is 1.64. The fraction of sp³-hybridized carbons (Fsp3) is 0.368. The number of benzene rings is 1. The van der Waals surface area contributed by atoms with Crippen molar-refractivity contribution in [2.24, 2.45) is 0 Å². The summed E-state index contributed by atoms with van der Waals surface area (Å²) in [5.41, 5.74) is 2.55. The summed E-state index contributed by atoms with van der Waals surface area (Å²) in [7, 11) is 3.26. The van der Waals surface area contributed by atoms with Gasteiger partial charge in [0.15, 0.2) is 11.5 Å². The van der Waals surface area contributed by atoms with Crippen LogP contribution < -0.4 is 9.47 Å². The van der Waals surface area contributed by atoms with Gasteiger partial charge >= 0.3 is 0 Å². The van der Waals surface area contributed by atoms with Gasteiger partial charge in [0.2, 0.25) is 0 Å². The molecule has 1 aliphatic heterocycles. The molecule has 24 heavy (non-hydrogen) atoms. The molecular weight excluding hydrogens is 304 g/mol. The standard InChI is InChI=1S/C19H22N2O3/c1-19(2)12-21(18(22)15-7-5-6-8-20-15)11-13-9-16(23-3)17(24-4)10-14(13)19/h5-10H,11-12H2,1-4H3. The molecule has 2 heterocycles. The molecule has 5 nitrogen and oxygen atoms in total. The monoisotopic (exact) mass is 326 g/mol. The second-order valence-electron chi connectivity index (χ2n) is 6.62. The van der Waals surface area contributed by atoms with E-state index in [0.29, 0.717) is 30.3 Å². The van der Waals surface area contributed by atoms with Gasteiger partial charge in [-0.3, -0.25) is 9.78 Å². The van der Waals surface area contributed by atoms with Crippen LogP contribution in [0.4, 0.5) is 0 Å². The first-order valence-electron chi connectivity index (χ1n) is 7.92. The van der Waals surface area contributed by atoms with Crippen LogP contribution in [-0.4, -0.2) is 36.6 Å².